The van der Waals surface area contributed by atoms with E-state index in [0.717, 1.165) is 16.7 Å². The maximum Gasteiger partial charge on any atom is 0.251 e. The number of rotatable bonds is 9. The molecule has 0 aliphatic heterocycles. The van der Waals surface area contributed by atoms with Crippen molar-refractivity contribution in [1.29, 1.82) is 5.26 Å². The summed E-state index contributed by atoms with van der Waals surface area (Å²) in [5.74, 6) is -0.805. The molecule has 2 aromatic carbocycles. The Morgan fingerprint density at radius 1 is 1.21 bits per heavy atom. The van der Waals surface area contributed by atoms with E-state index in [1.165, 1.54) is 11.3 Å². The molecule has 0 spiro atoms. The second kappa shape index (κ2) is 11.7. The molecule has 200 valence electrons. The van der Waals surface area contributed by atoms with Crippen LogP contribution in [0, 0.1) is 11.3 Å². The van der Waals surface area contributed by atoms with Crippen molar-refractivity contribution in [2.45, 2.75) is 31.1 Å². The molecule has 1 aromatic heterocycles. The van der Waals surface area contributed by atoms with Gasteiger partial charge in [0.05, 0.1) is 24.9 Å². The van der Waals surface area contributed by atoms with E-state index in [1.807, 2.05) is 56.3 Å². The minimum Gasteiger partial charge on any atom is -0.392 e. The van der Waals surface area contributed by atoms with E-state index in [4.69, 9.17) is 5.73 Å². The van der Waals surface area contributed by atoms with Gasteiger partial charge in [0.25, 0.3) is 5.91 Å². The summed E-state index contributed by atoms with van der Waals surface area (Å²) in [6.45, 7) is 3.99. The average molecular weight is 542 g/mol. The third-order valence-electron chi connectivity index (χ3n) is 6.82. The van der Waals surface area contributed by atoms with Gasteiger partial charge in [-0.2, -0.15) is 5.26 Å². The Balaban J connectivity index is 1.43. The zero-order valence-electron chi connectivity index (χ0n) is 21.9. The number of nitriles is 1. The van der Waals surface area contributed by atoms with Gasteiger partial charge in [-0.05, 0) is 34.4 Å². The lowest BCUT2D eigenvalue weighted by Gasteiger charge is -2.28. The highest BCUT2D eigenvalue weighted by molar-refractivity contribution is 7.14. The molecule has 5 N–H and O–H groups in total. The first-order chi connectivity index (χ1) is 18.7. The third kappa shape index (κ3) is 6.32. The molecule has 1 aliphatic rings. The van der Waals surface area contributed by atoms with Crippen molar-refractivity contribution in [3.63, 3.8) is 0 Å². The number of hydrogen-bond donors (Lipinski definition) is 4. The van der Waals surface area contributed by atoms with Gasteiger partial charge in [0.15, 0.2) is 5.13 Å². The van der Waals surface area contributed by atoms with Gasteiger partial charge in [0.2, 0.25) is 5.91 Å². The van der Waals surface area contributed by atoms with Crippen LogP contribution in [-0.2, 0) is 15.6 Å². The van der Waals surface area contributed by atoms with Gasteiger partial charge in [-0.25, -0.2) is 4.98 Å². The number of aliphatic hydroxyl groups is 1. The molecule has 2 amide bonds. The molecule has 1 unspecified atom stereocenters. The van der Waals surface area contributed by atoms with Crippen molar-refractivity contribution in [3.8, 4) is 6.07 Å². The number of allylic oxidation sites excluding steroid dienone is 2. The molecule has 39 heavy (non-hydrogen) atoms. The lowest BCUT2D eigenvalue weighted by molar-refractivity contribution is -0.115. The molecule has 0 bridgehead atoms. The first kappa shape index (κ1) is 27.9. The molecule has 4 rings (SSSR count). The van der Waals surface area contributed by atoms with Gasteiger partial charge in [0.1, 0.15) is 5.41 Å². The van der Waals surface area contributed by atoms with Gasteiger partial charge in [-0.3, -0.25) is 9.59 Å². The second-order valence-electron chi connectivity index (χ2n) is 10.1. The van der Waals surface area contributed by atoms with E-state index in [2.05, 4.69) is 21.7 Å². The van der Waals surface area contributed by atoms with Crippen LogP contribution in [0.1, 0.15) is 47.4 Å². The first-order valence-corrected chi connectivity index (χ1v) is 13.4. The molecule has 0 saturated carbocycles. The van der Waals surface area contributed by atoms with Crippen LogP contribution in [0.3, 0.4) is 0 Å². The smallest absolute Gasteiger partial charge is 0.251 e. The Labute approximate surface area is 231 Å². The van der Waals surface area contributed by atoms with Crippen molar-refractivity contribution < 1.29 is 14.7 Å². The minimum atomic E-state index is -1.09. The summed E-state index contributed by atoms with van der Waals surface area (Å²) >= 11 is 1.20. The number of hydrogen-bond acceptors (Lipinski definition) is 7. The number of thiazole rings is 1. The fourth-order valence-corrected chi connectivity index (χ4v) is 5.18. The van der Waals surface area contributed by atoms with Gasteiger partial charge in [-0.15, -0.1) is 11.3 Å². The standard InChI is InChI=1S/C30H31N5O3S/c1-29(2,18-31)24-10-6-9-22(12-24)27(38)33-15-26(37)35-28-34-25(17-39-28)30(19-32)13-20(16-36)11-23(14-30)21-7-4-3-5-8-21/h3-13,17,36H,14-16,18,31H2,1-2H3,(H,33,38)(H,34,35,37). The van der Waals surface area contributed by atoms with E-state index >= 15 is 0 Å². The zero-order valence-corrected chi connectivity index (χ0v) is 22.7. The predicted molar refractivity (Wildman–Crippen MR) is 153 cm³/mol. The van der Waals surface area contributed by atoms with E-state index in [9.17, 15) is 20.0 Å². The number of carbonyl (C=O) groups excluding carboxylic acids is 2. The highest BCUT2D eigenvalue weighted by atomic mass is 32.1. The molecule has 1 atom stereocenters. The van der Waals surface area contributed by atoms with Crippen molar-refractivity contribution in [1.82, 2.24) is 10.3 Å². The van der Waals surface area contributed by atoms with Gasteiger partial charge in [0, 0.05) is 29.3 Å². The average Bonchev–Trinajstić information content (AvgIpc) is 3.45. The number of aliphatic hydroxyl groups excluding tert-OH is 1. The molecule has 0 saturated heterocycles. The van der Waals surface area contributed by atoms with Crippen molar-refractivity contribution in [2.75, 3.05) is 25.0 Å². The third-order valence-corrected chi connectivity index (χ3v) is 7.58. The molecule has 0 radical (unpaired) electrons. The Morgan fingerprint density at radius 3 is 2.67 bits per heavy atom. The second-order valence-corrected chi connectivity index (χ2v) is 11.0. The van der Waals surface area contributed by atoms with E-state index in [-0.39, 0.29) is 24.5 Å². The summed E-state index contributed by atoms with van der Waals surface area (Å²) in [5, 5.41) is 27.5. The number of aromatic nitrogens is 1. The van der Waals surface area contributed by atoms with Crippen LogP contribution in [0.5, 0.6) is 0 Å². The number of carbonyl (C=O) groups is 2. The van der Waals surface area contributed by atoms with Crippen LogP contribution in [0.15, 0.2) is 77.7 Å². The molecule has 0 fully saturated rings. The summed E-state index contributed by atoms with van der Waals surface area (Å²) in [6.07, 6.45) is 4.01. The maximum atomic E-state index is 12.7. The molecule has 3 aromatic rings. The van der Waals surface area contributed by atoms with E-state index < -0.39 is 11.3 Å². The van der Waals surface area contributed by atoms with Crippen LogP contribution in [-0.4, -0.2) is 41.6 Å². The molecular formula is C30H31N5O3S. The van der Waals surface area contributed by atoms with E-state index in [1.54, 1.807) is 29.7 Å². The quantitative estimate of drug-likeness (QED) is 0.324. The van der Waals surface area contributed by atoms with Crippen molar-refractivity contribution in [2.24, 2.45) is 5.73 Å². The highest BCUT2D eigenvalue weighted by Gasteiger charge is 2.37. The molecular weight excluding hydrogens is 510 g/mol. The Bertz CT molecular complexity index is 1470. The zero-order chi connectivity index (χ0) is 28.0. The summed E-state index contributed by atoms with van der Waals surface area (Å²) < 4.78 is 0. The number of benzene rings is 2. The Morgan fingerprint density at radius 2 is 1.97 bits per heavy atom. The van der Waals surface area contributed by atoms with Gasteiger partial charge < -0.3 is 21.5 Å². The topological polar surface area (TPSA) is 141 Å². The molecule has 9 heteroatoms. The number of anilines is 1. The van der Waals surface area contributed by atoms with Crippen LogP contribution in [0.25, 0.3) is 5.57 Å². The molecule has 8 nitrogen and oxygen atoms in total. The van der Waals surface area contributed by atoms with E-state index in [0.29, 0.717) is 34.9 Å². The normalized spacial score (nSPS) is 17.0. The summed E-state index contributed by atoms with van der Waals surface area (Å²) in [4.78, 5) is 29.8. The van der Waals surface area contributed by atoms with Crippen molar-refractivity contribution in [3.05, 3.63) is 100 Å². The summed E-state index contributed by atoms with van der Waals surface area (Å²) in [5.41, 5.74) is 8.87. The van der Waals surface area contributed by atoms with Gasteiger partial charge in [-0.1, -0.05) is 68.5 Å². The predicted octanol–water partition coefficient (Wildman–Crippen LogP) is 3.92. The highest BCUT2D eigenvalue weighted by Crippen LogP contribution is 2.41. The number of nitrogens with two attached hydrogens (primary N) is 1. The SMILES string of the molecule is CC(C)(CN)c1cccc(C(=O)NCC(=O)Nc2nc(C3(C#N)C=C(CO)C=C(c4ccccc4)C3)cs2)c1. The summed E-state index contributed by atoms with van der Waals surface area (Å²) in [7, 11) is 0. The molecule has 1 heterocycles. The largest absolute Gasteiger partial charge is 0.392 e. The first-order valence-electron chi connectivity index (χ1n) is 12.5. The summed E-state index contributed by atoms with van der Waals surface area (Å²) in [6, 6.07) is 19.3. The lowest BCUT2D eigenvalue weighted by atomic mass is 9.74. The van der Waals surface area contributed by atoms with Crippen LogP contribution >= 0.6 is 11.3 Å². The fourth-order valence-electron chi connectivity index (χ4n) is 4.37. The van der Waals surface area contributed by atoms with Crippen LogP contribution < -0.4 is 16.4 Å². The number of nitrogens with zero attached hydrogens (tertiary/aromatic N) is 2. The number of nitrogens with one attached hydrogen (secondary N) is 2. The van der Waals surface area contributed by atoms with Crippen molar-refractivity contribution >= 4 is 33.9 Å². The van der Waals surface area contributed by atoms with Crippen LogP contribution in [0.2, 0.25) is 0 Å². The molecule has 1 aliphatic carbocycles. The maximum absolute atomic E-state index is 12.7. The Hall–Kier alpha value is -4.10. The fraction of sp³-hybridized carbons (Fsp3) is 0.267. The monoisotopic (exact) mass is 541 g/mol. The van der Waals surface area contributed by atoms with Gasteiger partial charge >= 0.3 is 0 Å². The number of amides is 2. The van der Waals surface area contributed by atoms with Crippen LogP contribution in [0.4, 0.5) is 5.13 Å². The lowest BCUT2D eigenvalue weighted by Crippen LogP contribution is -2.33. The Kier molecular flexibility index (Phi) is 8.41. The minimum absolute atomic E-state index is 0.209.